The highest BCUT2D eigenvalue weighted by Crippen LogP contribution is 2.24. The number of nitrogens with two attached hydrogens (primary N) is 1. The Morgan fingerprint density at radius 2 is 1.94 bits per heavy atom. The van der Waals surface area contributed by atoms with E-state index in [1.54, 1.807) is 22.7 Å². The van der Waals surface area contributed by atoms with Crippen molar-refractivity contribution in [1.29, 1.82) is 0 Å². The number of aromatic nitrogens is 3. The molecule has 0 unspecified atom stereocenters. The van der Waals surface area contributed by atoms with Crippen LogP contribution in [-0.4, -0.2) is 76.6 Å². The lowest BCUT2D eigenvalue weighted by Gasteiger charge is -2.39. The SMILES string of the molecule is C[C@H](N)CNC(=O)c1cnn2c(N3CCN(C)C[C@H]3C)cc(C(=O)NCc3ccc(Cl)cc3)nc12. The first-order valence-electron chi connectivity index (χ1n) is 11.6. The number of likely N-dealkylation sites (N-methyl/N-ethyl adjacent to an activating group) is 1. The molecule has 0 aliphatic carbocycles. The number of carbonyl (C=O) groups excluding carboxylic acids is 2. The summed E-state index contributed by atoms with van der Waals surface area (Å²) >= 11 is 5.95. The van der Waals surface area contributed by atoms with E-state index in [4.69, 9.17) is 17.3 Å². The van der Waals surface area contributed by atoms with Gasteiger partial charge in [-0.25, -0.2) is 4.98 Å². The van der Waals surface area contributed by atoms with Gasteiger partial charge in [0.05, 0.1) is 6.20 Å². The second-order valence-corrected chi connectivity index (χ2v) is 9.53. The summed E-state index contributed by atoms with van der Waals surface area (Å²) in [5.41, 5.74) is 7.54. The van der Waals surface area contributed by atoms with Crippen molar-refractivity contribution >= 4 is 34.9 Å². The number of hydrogen-bond donors (Lipinski definition) is 3. The summed E-state index contributed by atoms with van der Waals surface area (Å²) in [7, 11) is 2.08. The van der Waals surface area contributed by atoms with Crippen LogP contribution in [0.3, 0.4) is 0 Å². The van der Waals surface area contributed by atoms with Gasteiger partial charge in [-0.3, -0.25) is 9.59 Å². The quantitative estimate of drug-likeness (QED) is 0.451. The molecule has 10 nitrogen and oxygen atoms in total. The van der Waals surface area contributed by atoms with Crippen LogP contribution in [0.25, 0.3) is 5.65 Å². The fourth-order valence-electron chi connectivity index (χ4n) is 4.13. The lowest BCUT2D eigenvalue weighted by atomic mass is 10.2. The fourth-order valence-corrected chi connectivity index (χ4v) is 4.26. The molecule has 0 bridgehead atoms. The smallest absolute Gasteiger partial charge is 0.270 e. The first-order valence-corrected chi connectivity index (χ1v) is 12.0. The second-order valence-electron chi connectivity index (χ2n) is 9.09. The van der Waals surface area contributed by atoms with E-state index >= 15 is 0 Å². The third-order valence-corrected chi connectivity index (χ3v) is 6.26. The number of hydrogen-bond acceptors (Lipinski definition) is 7. The van der Waals surface area contributed by atoms with Crippen molar-refractivity contribution in [2.75, 3.05) is 38.1 Å². The van der Waals surface area contributed by atoms with Crippen LogP contribution >= 0.6 is 11.6 Å². The molecular formula is C24H31ClN8O2. The Labute approximate surface area is 209 Å². The highest BCUT2D eigenvalue weighted by molar-refractivity contribution is 6.30. The van der Waals surface area contributed by atoms with Crippen LogP contribution < -0.4 is 21.3 Å². The molecule has 1 aliphatic rings. The van der Waals surface area contributed by atoms with Gasteiger partial charge in [0.1, 0.15) is 17.1 Å². The summed E-state index contributed by atoms with van der Waals surface area (Å²) in [6, 6.07) is 9.00. The predicted octanol–water partition coefficient (Wildman–Crippen LogP) is 1.53. The predicted molar refractivity (Wildman–Crippen MR) is 136 cm³/mol. The van der Waals surface area contributed by atoms with E-state index < -0.39 is 0 Å². The van der Waals surface area contributed by atoms with Gasteiger partial charge in [0, 0.05) is 55.9 Å². The van der Waals surface area contributed by atoms with Crippen molar-refractivity contribution in [3.8, 4) is 0 Å². The summed E-state index contributed by atoms with van der Waals surface area (Å²) in [4.78, 5) is 35.0. The molecule has 186 valence electrons. The van der Waals surface area contributed by atoms with E-state index in [-0.39, 0.29) is 29.6 Å². The van der Waals surface area contributed by atoms with Gasteiger partial charge < -0.3 is 26.2 Å². The fraction of sp³-hybridized carbons (Fsp3) is 0.417. The van der Waals surface area contributed by atoms with Crippen molar-refractivity contribution in [2.24, 2.45) is 5.73 Å². The van der Waals surface area contributed by atoms with E-state index in [9.17, 15) is 9.59 Å². The highest BCUT2D eigenvalue weighted by Gasteiger charge is 2.27. The largest absolute Gasteiger partial charge is 0.351 e. The average molecular weight is 499 g/mol. The van der Waals surface area contributed by atoms with Crippen LogP contribution in [0.1, 0.15) is 40.3 Å². The van der Waals surface area contributed by atoms with E-state index in [1.165, 1.54) is 6.20 Å². The van der Waals surface area contributed by atoms with E-state index in [0.29, 0.717) is 29.3 Å². The zero-order valence-electron chi connectivity index (χ0n) is 20.2. The number of piperazine rings is 1. The van der Waals surface area contributed by atoms with Gasteiger partial charge in [0.15, 0.2) is 5.65 Å². The van der Waals surface area contributed by atoms with E-state index in [2.05, 4.69) is 44.5 Å². The Morgan fingerprint density at radius 1 is 1.20 bits per heavy atom. The number of halogens is 1. The molecule has 1 saturated heterocycles. The average Bonchev–Trinajstić information content (AvgIpc) is 3.26. The van der Waals surface area contributed by atoms with Gasteiger partial charge in [-0.1, -0.05) is 23.7 Å². The van der Waals surface area contributed by atoms with Crippen LogP contribution in [0.15, 0.2) is 36.5 Å². The number of amides is 2. The first kappa shape index (κ1) is 24.9. The minimum Gasteiger partial charge on any atom is -0.351 e. The molecule has 1 fully saturated rings. The third kappa shape index (κ3) is 5.72. The number of anilines is 1. The number of nitrogens with zero attached hydrogens (tertiary/aromatic N) is 5. The van der Waals surface area contributed by atoms with Gasteiger partial charge in [-0.15, -0.1) is 0 Å². The van der Waals surface area contributed by atoms with E-state index in [0.717, 1.165) is 31.0 Å². The Kier molecular flexibility index (Phi) is 7.54. The maximum absolute atomic E-state index is 13.1. The van der Waals surface area contributed by atoms with Crippen molar-refractivity contribution < 1.29 is 9.59 Å². The molecule has 2 amide bonds. The van der Waals surface area contributed by atoms with Gasteiger partial charge in [-0.05, 0) is 38.6 Å². The second kappa shape index (κ2) is 10.6. The molecule has 0 radical (unpaired) electrons. The molecule has 3 aromatic rings. The van der Waals surface area contributed by atoms with Crippen molar-refractivity contribution in [1.82, 2.24) is 30.1 Å². The van der Waals surface area contributed by atoms with E-state index in [1.807, 2.05) is 19.1 Å². The first-order chi connectivity index (χ1) is 16.7. The van der Waals surface area contributed by atoms with Crippen molar-refractivity contribution in [2.45, 2.75) is 32.5 Å². The third-order valence-electron chi connectivity index (χ3n) is 6.01. The molecule has 11 heteroatoms. The molecule has 0 spiro atoms. The summed E-state index contributed by atoms with van der Waals surface area (Å²) < 4.78 is 1.64. The Bertz CT molecular complexity index is 1210. The number of benzene rings is 1. The molecule has 35 heavy (non-hydrogen) atoms. The molecular weight excluding hydrogens is 468 g/mol. The minimum absolute atomic E-state index is 0.184. The lowest BCUT2D eigenvalue weighted by Crippen LogP contribution is -2.51. The molecule has 1 aliphatic heterocycles. The Balaban J connectivity index is 1.69. The van der Waals surface area contributed by atoms with Crippen LogP contribution in [0.4, 0.5) is 5.82 Å². The number of rotatable bonds is 7. The van der Waals surface area contributed by atoms with Crippen LogP contribution in [-0.2, 0) is 6.54 Å². The Morgan fingerprint density at radius 3 is 2.63 bits per heavy atom. The summed E-state index contributed by atoms with van der Waals surface area (Å²) in [5, 5.41) is 10.8. The topological polar surface area (TPSA) is 121 Å². The monoisotopic (exact) mass is 498 g/mol. The molecule has 2 atom stereocenters. The van der Waals surface area contributed by atoms with Crippen molar-refractivity contribution in [3.05, 3.63) is 58.4 Å². The zero-order chi connectivity index (χ0) is 25.1. The number of carbonyl (C=O) groups is 2. The normalized spacial score (nSPS) is 17.4. The van der Waals surface area contributed by atoms with Crippen LogP contribution in [0.2, 0.25) is 5.02 Å². The lowest BCUT2D eigenvalue weighted by molar-refractivity contribution is 0.0938. The van der Waals surface area contributed by atoms with Crippen molar-refractivity contribution in [3.63, 3.8) is 0 Å². The van der Waals surface area contributed by atoms with Gasteiger partial charge in [-0.2, -0.15) is 9.61 Å². The molecule has 0 saturated carbocycles. The van der Waals surface area contributed by atoms with Gasteiger partial charge >= 0.3 is 0 Å². The van der Waals surface area contributed by atoms with Gasteiger partial charge in [0.25, 0.3) is 11.8 Å². The maximum atomic E-state index is 13.1. The van der Waals surface area contributed by atoms with Crippen LogP contribution in [0, 0.1) is 0 Å². The summed E-state index contributed by atoms with van der Waals surface area (Å²) in [6.07, 6.45) is 1.48. The molecule has 3 heterocycles. The molecule has 1 aromatic carbocycles. The Hall–Kier alpha value is -3.21. The standard InChI is InChI=1S/C24H31ClN8O2/c1-15(26)11-27-23(34)19-13-29-33-21(32-9-8-31(3)14-16(32)2)10-20(30-22(19)33)24(35)28-12-17-4-6-18(25)7-5-17/h4-7,10,13,15-16H,8-9,11-12,14,26H2,1-3H3,(H,27,34)(H,28,35)/t15-,16+/m0/s1. The molecule has 4 rings (SSSR count). The number of fused-ring (bicyclic) bond motifs is 1. The van der Waals surface area contributed by atoms with Crippen LogP contribution in [0.5, 0.6) is 0 Å². The summed E-state index contributed by atoms with van der Waals surface area (Å²) in [5.74, 6) is 0.0491. The zero-order valence-corrected chi connectivity index (χ0v) is 20.9. The van der Waals surface area contributed by atoms with Gasteiger partial charge in [0.2, 0.25) is 0 Å². The number of nitrogens with one attached hydrogen (secondary N) is 2. The maximum Gasteiger partial charge on any atom is 0.270 e. The summed E-state index contributed by atoms with van der Waals surface area (Å²) in [6.45, 7) is 7.07. The molecule has 2 aromatic heterocycles. The minimum atomic E-state index is -0.339. The highest BCUT2D eigenvalue weighted by atomic mass is 35.5. The molecule has 4 N–H and O–H groups in total.